The third kappa shape index (κ3) is 3.25. The minimum Gasteiger partial charge on any atom is -0.491 e. The highest BCUT2D eigenvalue weighted by molar-refractivity contribution is 5.95. The first-order valence-corrected chi connectivity index (χ1v) is 8.05. The molecular formula is C17H24N2O3. The molecule has 1 amide bonds. The van der Waals surface area contributed by atoms with Crippen molar-refractivity contribution in [3.05, 3.63) is 29.8 Å². The molecule has 2 atom stereocenters. The van der Waals surface area contributed by atoms with Gasteiger partial charge in [-0.25, -0.2) is 0 Å². The van der Waals surface area contributed by atoms with Crippen molar-refractivity contribution in [2.24, 2.45) is 0 Å². The molecule has 0 aliphatic carbocycles. The Hall–Kier alpha value is -1.59. The van der Waals surface area contributed by atoms with Gasteiger partial charge in [0.1, 0.15) is 12.4 Å². The van der Waals surface area contributed by atoms with Crippen molar-refractivity contribution in [3.8, 4) is 5.75 Å². The first kappa shape index (κ1) is 15.3. The van der Waals surface area contributed by atoms with Gasteiger partial charge in [-0.1, -0.05) is 6.07 Å². The normalized spacial score (nSPS) is 24.1. The lowest BCUT2D eigenvalue weighted by Crippen LogP contribution is -2.42. The molecule has 5 nitrogen and oxygen atoms in total. The molecule has 120 valence electrons. The smallest absolute Gasteiger partial charge is 0.254 e. The Bertz CT molecular complexity index is 506. The van der Waals surface area contributed by atoms with Crippen molar-refractivity contribution >= 4 is 5.91 Å². The number of carbonyl (C=O) groups is 1. The zero-order valence-corrected chi connectivity index (χ0v) is 13.1. The second-order valence-corrected chi connectivity index (χ2v) is 5.96. The number of nitrogens with one attached hydrogen (secondary N) is 1. The van der Waals surface area contributed by atoms with E-state index >= 15 is 0 Å². The number of hydrogen-bond donors (Lipinski definition) is 1. The van der Waals surface area contributed by atoms with E-state index in [1.807, 2.05) is 24.3 Å². The molecule has 2 heterocycles. The Morgan fingerprint density at radius 2 is 2.14 bits per heavy atom. The summed E-state index contributed by atoms with van der Waals surface area (Å²) in [6.45, 7) is 2.95. The van der Waals surface area contributed by atoms with Gasteiger partial charge in [0.15, 0.2) is 0 Å². The predicted molar refractivity (Wildman–Crippen MR) is 84.3 cm³/mol. The van der Waals surface area contributed by atoms with Crippen molar-refractivity contribution in [1.29, 1.82) is 0 Å². The molecular weight excluding hydrogens is 280 g/mol. The number of carbonyl (C=O) groups excluding carboxylic acids is 1. The van der Waals surface area contributed by atoms with E-state index in [9.17, 15) is 4.79 Å². The predicted octanol–water partition coefficient (Wildman–Crippen LogP) is 1.68. The maximum Gasteiger partial charge on any atom is 0.254 e. The maximum absolute atomic E-state index is 12.9. The number of fused-ring (bicyclic) bond motifs is 2. The second-order valence-electron chi connectivity index (χ2n) is 5.96. The fraction of sp³-hybridized carbons (Fsp3) is 0.588. The first-order chi connectivity index (χ1) is 10.8. The molecule has 2 bridgehead atoms. The summed E-state index contributed by atoms with van der Waals surface area (Å²) in [5, 5.41) is 3.43. The number of rotatable bonds is 5. The molecule has 1 aromatic carbocycles. The van der Waals surface area contributed by atoms with Crippen molar-refractivity contribution in [3.63, 3.8) is 0 Å². The molecule has 0 radical (unpaired) electrons. The van der Waals surface area contributed by atoms with Gasteiger partial charge in [-0.05, 0) is 44.0 Å². The molecule has 2 aliphatic rings. The van der Waals surface area contributed by atoms with E-state index in [1.165, 1.54) is 0 Å². The van der Waals surface area contributed by atoms with E-state index in [0.29, 0.717) is 30.9 Å². The van der Waals surface area contributed by atoms with Gasteiger partial charge < -0.3 is 19.7 Å². The Kier molecular flexibility index (Phi) is 4.95. The summed E-state index contributed by atoms with van der Waals surface area (Å²) in [5.74, 6) is 0.858. The van der Waals surface area contributed by atoms with Crippen LogP contribution < -0.4 is 10.1 Å². The zero-order valence-electron chi connectivity index (χ0n) is 13.1. The topological polar surface area (TPSA) is 50.8 Å². The molecule has 2 saturated heterocycles. The van der Waals surface area contributed by atoms with Gasteiger partial charge in [-0.3, -0.25) is 4.79 Å². The zero-order chi connectivity index (χ0) is 15.4. The van der Waals surface area contributed by atoms with Crippen molar-refractivity contribution in [2.75, 3.05) is 33.4 Å². The minimum absolute atomic E-state index is 0.133. The van der Waals surface area contributed by atoms with Crippen LogP contribution in [0.25, 0.3) is 0 Å². The molecule has 3 rings (SSSR count). The van der Waals surface area contributed by atoms with Gasteiger partial charge >= 0.3 is 0 Å². The van der Waals surface area contributed by atoms with E-state index in [2.05, 4.69) is 10.2 Å². The summed E-state index contributed by atoms with van der Waals surface area (Å²) in [6, 6.07) is 8.20. The van der Waals surface area contributed by atoms with Crippen LogP contribution in [-0.4, -0.2) is 56.3 Å². The molecule has 0 saturated carbocycles. The van der Waals surface area contributed by atoms with Crippen LogP contribution in [0.4, 0.5) is 0 Å². The summed E-state index contributed by atoms with van der Waals surface area (Å²) in [7, 11) is 1.65. The second kappa shape index (κ2) is 7.11. The summed E-state index contributed by atoms with van der Waals surface area (Å²) >= 11 is 0. The van der Waals surface area contributed by atoms with Gasteiger partial charge in [0.2, 0.25) is 0 Å². The quantitative estimate of drug-likeness (QED) is 0.841. The van der Waals surface area contributed by atoms with Gasteiger partial charge in [0.05, 0.1) is 6.61 Å². The molecule has 0 aromatic heterocycles. The highest BCUT2D eigenvalue weighted by atomic mass is 16.5. The van der Waals surface area contributed by atoms with Crippen molar-refractivity contribution in [2.45, 2.75) is 31.3 Å². The molecule has 2 fully saturated rings. The Balaban J connectivity index is 1.73. The first-order valence-electron chi connectivity index (χ1n) is 8.05. The monoisotopic (exact) mass is 304 g/mol. The van der Waals surface area contributed by atoms with E-state index in [0.717, 1.165) is 38.1 Å². The lowest BCUT2D eigenvalue weighted by molar-refractivity contribution is 0.0679. The van der Waals surface area contributed by atoms with E-state index in [4.69, 9.17) is 9.47 Å². The Morgan fingerprint density at radius 3 is 3.00 bits per heavy atom. The lowest BCUT2D eigenvalue weighted by Gasteiger charge is -2.28. The van der Waals surface area contributed by atoms with Crippen LogP contribution >= 0.6 is 0 Å². The van der Waals surface area contributed by atoms with E-state index in [-0.39, 0.29) is 5.91 Å². The Morgan fingerprint density at radius 1 is 1.27 bits per heavy atom. The number of methoxy groups -OCH3 is 1. The van der Waals surface area contributed by atoms with Crippen LogP contribution in [-0.2, 0) is 4.74 Å². The molecule has 0 spiro atoms. The molecule has 2 aliphatic heterocycles. The van der Waals surface area contributed by atoms with E-state index < -0.39 is 0 Å². The summed E-state index contributed by atoms with van der Waals surface area (Å²) < 4.78 is 10.6. The molecule has 1 N–H and O–H groups in total. The maximum atomic E-state index is 12.9. The standard InChI is InChI=1S/C17H24N2O3/c1-21-9-10-22-16-4-2-3-13(11-16)17(20)19-14-5-6-15(19)12-18-8-7-14/h2-4,11,14-15,18H,5-10,12H2,1H3. The third-order valence-electron chi connectivity index (χ3n) is 4.53. The van der Waals surface area contributed by atoms with Crippen LogP contribution in [0.5, 0.6) is 5.75 Å². The number of nitrogens with zero attached hydrogens (tertiary/aromatic N) is 1. The van der Waals surface area contributed by atoms with Crippen molar-refractivity contribution in [1.82, 2.24) is 10.2 Å². The SMILES string of the molecule is COCCOc1cccc(C(=O)N2C3CCNCC2CC3)c1. The molecule has 5 heteroatoms. The fourth-order valence-electron chi connectivity index (χ4n) is 3.42. The summed E-state index contributed by atoms with van der Waals surface area (Å²) in [6.07, 6.45) is 3.28. The third-order valence-corrected chi connectivity index (χ3v) is 4.53. The average Bonchev–Trinajstić information content (AvgIpc) is 2.80. The Labute approximate surface area is 131 Å². The number of ether oxygens (including phenoxy) is 2. The minimum atomic E-state index is 0.133. The average molecular weight is 304 g/mol. The fourth-order valence-corrected chi connectivity index (χ4v) is 3.42. The summed E-state index contributed by atoms with van der Waals surface area (Å²) in [4.78, 5) is 15.0. The molecule has 2 unspecified atom stereocenters. The number of hydrogen-bond acceptors (Lipinski definition) is 4. The molecule has 1 aromatic rings. The number of amides is 1. The highest BCUT2D eigenvalue weighted by Gasteiger charge is 2.38. The van der Waals surface area contributed by atoms with Crippen LogP contribution in [0, 0.1) is 0 Å². The largest absolute Gasteiger partial charge is 0.491 e. The van der Waals surface area contributed by atoms with Gasteiger partial charge in [-0.15, -0.1) is 0 Å². The van der Waals surface area contributed by atoms with Crippen LogP contribution in [0.2, 0.25) is 0 Å². The van der Waals surface area contributed by atoms with Gasteiger partial charge in [0, 0.05) is 31.3 Å². The molecule has 22 heavy (non-hydrogen) atoms. The van der Waals surface area contributed by atoms with Gasteiger partial charge in [0.25, 0.3) is 5.91 Å². The lowest BCUT2D eigenvalue weighted by atomic mass is 10.1. The van der Waals surface area contributed by atoms with Crippen LogP contribution in [0.1, 0.15) is 29.6 Å². The van der Waals surface area contributed by atoms with Gasteiger partial charge in [-0.2, -0.15) is 0 Å². The highest BCUT2D eigenvalue weighted by Crippen LogP contribution is 2.30. The van der Waals surface area contributed by atoms with E-state index in [1.54, 1.807) is 7.11 Å². The van der Waals surface area contributed by atoms with Crippen LogP contribution in [0.3, 0.4) is 0 Å². The summed E-state index contributed by atoms with van der Waals surface area (Å²) in [5.41, 5.74) is 0.716. The van der Waals surface area contributed by atoms with Crippen LogP contribution in [0.15, 0.2) is 24.3 Å². The number of benzene rings is 1. The van der Waals surface area contributed by atoms with Crippen molar-refractivity contribution < 1.29 is 14.3 Å².